The van der Waals surface area contributed by atoms with Gasteiger partial charge in [-0.05, 0) is 38.8 Å². The Kier molecular flexibility index (Phi) is 6.14. The Morgan fingerprint density at radius 2 is 1.90 bits per heavy atom. The molecule has 0 spiro atoms. The molecule has 0 radical (unpaired) electrons. The second kappa shape index (κ2) is 8.45. The molecule has 0 atom stereocenters. The summed E-state index contributed by atoms with van der Waals surface area (Å²) in [5.41, 5.74) is 0.889. The maximum absolute atomic E-state index is 13.0. The standard InChI is InChI=1S/C20H23F3N4O3/c1-3-26-10-15(16(28)14-5-4-12(2)25-17(14)26)19(30)27-8-6-13(7-9-27)18(29)24-11-20(21,22)23/h4-5,10,13H,3,6-9,11H2,1-2H3,(H,24,29). The fourth-order valence-electron chi connectivity index (χ4n) is 3.60. The van der Waals surface area contributed by atoms with Crippen LogP contribution in [0.1, 0.15) is 35.8 Å². The molecule has 162 valence electrons. The molecule has 3 rings (SSSR count). The summed E-state index contributed by atoms with van der Waals surface area (Å²) >= 11 is 0. The highest BCUT2D eigenvalue weighted by Crippen LogP contribution is 2.20. The molecular formula is C20H23F3N4O3. The Labute approximate surface area is 170 Å². The van der Waals surface area contributed by atoms with Crippen molar-refractivity contribution in [1.29, 1.82) is 0 Å². The van der Waals surface area contributed by atoms with E-state index in [1.165, 1.54) is 11.1 Å². The number of nitrogens with one attached hydrogen (secondary N) is 1. The van der Waals surface area contributed by atoms with E-state index in [1.54, 1.807) is 16.7 Å². The quantitative estimate of drug-likeness (QED) is 0.816. The van der Waals surface area contributed by atoms with Crippen molar-refractivity contribution in [2.24, 2.45) is 5.92 Å². The monoisotopic (exact) mass is 424 g/mol. The Hall–Kier alpha value is -2.91. The lowest BCUT2D eigenvalue weighted by Gasteiger charge is -2.31. The number of carbonyl (C=O) groups is 2. The normalized spacial score (nSPS) is 15.4. The number of pyridine rings is 2. The predicted octanol–water partition coefficient (Wildman–Crippen LogP) is 2.26. The molecule has 3 heterocycles. The number of hydrogen-bond acceptors (Lipinski definition) is 4. The minimum absolute atomic E-state index is 0.0231. The lowest BCUT2D eigenvalue weighted by atomic mass is 9.95. The average molecular weight is 424 g/mol. The van der Waals surface area contributed by atoms with Crippen LogP contribution in [-0.4, -0.2) is 52.1 Å². The van der Waals surface area contributed by atoms with E-state index in [9.17, 15) is 27.6 Å². The smallest absolute Gasteiger partial charge is 0.347 e. The fraction of sp³-hybridized carbons (Fsp3) is 0.500. The number of amides is 2. The van der Waals surface area contributed by atoms with Crippen LogP contribution in [0.3, 0.4) is 0 Å². The summed E-state index contributed by atoms with van der Waals surface area (Å²) in [6.45, 7) is 3.24. The molecule has 7 nitrogen and oxygen atoms in total. The third kappa shape index (κ3) is 4.63. The van der Waals surface area contributed by atoms with Crippen LogP contribution in [0, 0.1) is 12.8 Å². The second-order valence-corrected chi connectivity index (χ2v) is 7.38. The Morgan fingerprint density at radius 1 is 1.23 bits per heavy atom. The number of likely N-dealkylation sites (tertiary alicyclic amines) is 1. The molecule has 1 saturated heterocycles. The maximum Gasteiger partial charge on any atom is 0.405 e. The van der Waals surface area contributed by atoms with Gasteiger partial charge in [0.25, 0.3) is 5.91 Å². The van der Waals surface area contributed by atoms with Crippen LogP contribution in [-0.2, 0) is 11.3 Å². The number of halogens is 3. The van der Waals surface area contributed by atoms with Crippen molar-refractivity contribution in [3.8, 4) is 0 Å². The van der Waals surface area contributed by atoms with Crippen molar-refractivity contribution in [2.75, 3.05) is 19.6 Å². The van der Waals surface area contributed by atoms with Crippen molar-refractivity contribution in [3.05, 3.63) is 39.8 Å². The van der Waals surface area contributed by atoms with Gasteiger partial charge in [0.2, 0.25) is 11.3 Å². The first-order valence-electron chi connectivity index (χ1n) is 9.75. The van der Waals surface area contributed by atoms with Crippen LogP contribution in [0.15, 0.2) is 23.1 Å². The summed E-state index contributed by atoms with van der Waals surface area (Å²) in [4.78, 5) is 43.6. The predicted molar refractivity (Wildman–Crippen MR) is 104 cm³/mol. The zero-order valence-electron chi connectivity index (χ0n) is 16.8. The molecule has 2 amide bonds. The molecule has 0 unspecified atom stereocenters. The summed E-state index contributed by atoms with van der Waals surface area (Å²) < 4.78 is 38.5. The molecular weight excluding hydrogens is 401 g/mol. The van der Waals surface area contributed by atoms with Gasteiger partial charge in [-0.15, -0.1) is 0 Å². The van der Waals surface area contributed by atoms with E-state index in [1.807, 2.05) is 19.2 Å². The molecule has 1 aliphatic rings. The van der Waals surface area contributed by atoms with Crippen molar-refractivity contribution in [2.45, 2.75) is 39.4 Å². The molecule has 1 fully saturated rings. The Balaban J connectivity index is 1.75. The van der Waals surface area contributed by atoms with E-state index in [-0.39, 0.29) is 31.5 Å². The van der Waals surface area contributed by atoms with Crippen LogP contribution in [0.5, 0.6) is 0 Å². The SMILES string of the molecule is CCn1cc(C(=O)N2CCC(C(=O)NCC(F)(F)F)CC2)c(=O)c2ccc(C)nc21. The number of aryl methyl sites for hydroxylation is 2. The zero-order chi connectivity index (χ0) is 22.1. The first kappa shape index (κ1) is 21.8. The number of aromatic nitrogens is 2. The van der Waals surface area contributed by atoms with Crippen molar-refractivity contribution in [3.63, 3.8) is 0 Å². The largest absolute Gasteiger partial charge is 0.405 e. The van der Waals surface area contributed by atoms with Gasteiger partial charge in [0.1, 0.15) is 17.8 Å². The Morgan fingerprint density at radius 3 is 2.50 bits per heavy atom. The van der Waals surface area contributed by atoms with Gasteiger partial charge >= 0.3 is 6.18 Å². The molecule has 1 aliphatic heterocycles. The Bertz CT molecular complexity index is 1020. The summed E-state index contributed by atoms with van der Waals surface area (Å²) in [6.07, 6.45) is -2.48. The summed E-state index contributed by atoms with van der Waals surface area (Å²) in [5, 5.41) is 2.25. The number of fused-ring (bicyclic) bond motifs is 1. The van der Waals surface area contributed by atoms with Gasteiger partial charge in [0.15, 0.2) is 0 Å². The van der Waals surface area contributed by atoms with Gasteiger partial charge in [-0.3, -0.25) is 14.4 Å². The topological polar surface area (TPSA) is 84.3 Å². The van der Waals surface area contributed by atoms with Gasteiger partial charge < -0.3 is 14.8 Å². The van der Waals surface area contributed by atoms with E-state index in [2.05, 4.69) is 4.98 Å². The molecule has 2 aromatic heterocycles. The van der Waals surface area contributed by atoms with Crippen molar-refractivity contribution >= 4 is 22.8 Å². The average Bonchev–Trinajstić information content (AvgIpc) is 2.71. The number of piperidine rings is 1. The van der Waals surface area contributed by atoms with Gasteiger partial charge in [-0.25, -0.2) is 4.98 Å². The van der Waals surface area contributed by atoms with E-state index in [0.29, 0.717) is 17.6 Å². The number of hydrogen-bond donors (Lipinski definition) is 1. The van der Waals surface area contributed by atoms with Crippen LogP contribution >= 0.6 is 0 Å². The highest BCUT2D eigenvalue weighted by molar-refractivity contribution is 5.97. The first-order valence-corrected chi connectivity index (χ1v) is 9.75. The number of rotatable bonds is 4. The molecule has 10 heteroatoms. The highest BCUT2D eigenvalue weighted by atomic mass is 19.4. The van der Waals surface area contributed by atoms with Gasteiger partial charge in [0.05, 0.1) is 5.39 Å². The molecule has 2 aromatic rings. The van der Waals surface area contributed by atoms with E-state index >= 15 is 0 Å². The minimum Gasteiger partial charge on any atom is -0.347 e. The number of carbonyl (C=O) groups excluding carboxylic acids is 2. The molecule has 1 N–H and O–H groups in total. The summed E-state index contributed by atoms with van der Waals surface area (Å²) in [5.74, 6) is -1.70. The molecule has 30 heavy (non-hydrogen) atoms. The highest BCUT2D eigenvalue weighted by Gasteiger charge is 2.32. The first-order chi connectivity index (χ1) is 14.1. The van der Waals surface area contributed by atoms with Gasteiger partial charge in [-0.2, -0.15) is 13.2 Å². The summed E-state index contributed by atoms with van der Waals surface area (Å²) in [6, 6.07) is 3.36. The maximum atomic E-state index is 13.0. The lowest BCUT2D eigenvalue weighted by Crippen LogP contribution is -2.45. The van der Waals surface area contributed by atoms with E-state index in [0.717, 1.165) is 5.69 Å². The minimum atomic E-state index is -4.46. The third-order valence-corrected chi connectivity index (χ3v) is 5.25. The summed E-state index contributed by atoms with van der Waals surface area (Å²) in [7, 11) is 0. The van der Waals surface area contributed by atoms with Crippen LogP contribution in [0.25, 0.3) is 11.0 Å². The van der Waals surface area contributed by atoms with Crippen molar-refractivity contribution < 1.29 is 22.8 Å². The molecule has 0 aliphatic carbocycles. The van der Waals surface area contributed by atoms with E-state index < -0.39 is 35.9 Å². The lowest BCUT2D eigenvalue weighted by molar-refractivity contribution is -0.141. The van der Waals surface area contributed by atoms with Crippen molar-refractivity contribution in [1.82, 2.24) is 19.8 Å². The number of nitrogens with zero attached hydrogens (tertiary/aromatic N) is 3. The molecule has 0 bridgehead atoms. The number of alkyl halides is 3. The molecule has 0 aromatic carbocycles. The van der Waals surface area contributed by atoms with Crippen LogP contribution < -0.4 is 10.7 Å². The van der Waals surface area contributed by atoms with E-state index in [4.69, 9.17) is 0 Å². The molecule has 0 saturated carbocycles. The van der Waals surface area contributed by atoms with Gasteiger partial charge in [-0.1, -0.05) is 0 Å². The fourth-order valence-corrected chi connectivity index (χ4v) is 3.60. The van der Waals surface area contributed by atoms with Gasteiger partial charge in [0, 0.05) is 37.4 Å². The van der Waals surface area contributed by atoms with Crippen LogP contribution in [0.2, 0.25) is 0 Å². The van der Waals surface area contributed by atoms with Crippen LogP contribution in [0.4, 0.5) is 13.2 Å². The zero-order valence-corrected chi connectivity index (χ0v) is 16.8. The second-order valence-electron chi connectivity index (χ2n) is 7.38. The third-order valence-electron chi connectivity index (χ3n) is 5.25.